The Morgan fingerprint density at radius 1 is 1.26 bits per heavy atom. The van der Waals surface area contributed by atoms with Gasteiger partial charge in [-0.2, -0.15) is 0 Å². The third kappa shape index (κ3) is 4.07. The minimum Gasteiger partial charge on any atom is -0.462 e. The lowest BCUT2D eigenvalue weighted by atomic mass is 9.82. The van der Waals surface area contributed by atoms with Crippen molar-refractivity contribution in [1.82, 2.24) is 10.2 Å². The highest BCUT2D eigenvalue weighted by Crippen LogP contribution is 2.40. The Bertz CT molecular complexity index is 918. The van der Waals surface area contributed by atoms with Crippen molar-refractivity contribution in [2.75, 3.05) is 18.5 Å². The molecule has 0 aromatic carbocycles. The molecule has 168 valence electrons. The van der Waals surface area contributed by atoms with Crippen LogP contribution in [0.1, 0.15) is 73.2 Å². The van der Waals surface area contributed by atoms with Gasteiger partial charge in [-0.05, 0) is 50.5 Å². The predicted octanol–water partition coefficient (Wildman–Crippen LogP) is 3.24. The summed E-state index contributed by atoms with van der Waals surface area (Å²) in [7, 11) is 0. The van der Waals surface area contributed by atoms with Crippen molar-refractivity contribution in [3.8, 4) is 0 Å². The Labute approximate surface area is 185 Å². The summed E-state index contributed by atoms with van der Waals surface area (Å²) in [6.45, 7) is 3.80. The maximum Gasteiger partial charge on any atom is 0.341 e. The summed E-state index contributed by atoms with van der Waals surface area (Å²) in [5, 5.41) is 6.05. The molecular formula is C22H29N3O5S. The number of anilines is 1. The third-order valence-electron chi connectivity index (χ3n) is 6.50. The van der Waals surface area contributed by atoms with Gasteiger partial charge in [0.25, 0.3) is 5.91 Å². The standard InChI is InChI=1S/C22H29N3O5S/c1-3-30-19(27)17-14-8-7-13(2)11-15(14)31-18(17)23-16(26)12-25-20(28)22(24-21(25)29)9-5-4-6-10-22/h13H,3-12H2,1-2H3,(H,23,26)(H,24,29)/t13-/m1/s1. The van der Waals surface area contributed by atoms with E-state index < -0.39 is 23.4 Å². The number of amides is 4. The van der Waals surface area contributed by atoms with Gasteiger partial charge in [0.1, 0.15) is 17.1 Å². The molecule has 1 spiro atoms. The fourth-order valence-corrected chi connectivity index (χ4v) is 6.30. The molecular weight excluding hydrogens is 418 g/mol. The number of urea groups is 1. The van der Waals surface area contributed by atoms with Crippen molar-refractivity contribution in [1.29, 1.82) is 0 Å². The molecule has 0 radical (unpaired) electrons. The maximum atomic E-state index is 12.9. The largest absolute Gasteiger partial charge is 0.462 e. The van der Waals surface area contributed by atoms with E-state index in [9.17, 15) is 19.2 Å². The molecule has 0 unspecified atom stereocenters. The summed E-state index contributed by atoms with van der Waals surface area (Å²) in [6, 6.07) is -0.521. The van der Waals surface area contributed by atoms with Gasteiger partial charge in [-0.3, -0.25) is 14.5 Å². The van der Waals surface area contributed by atoms with E-state index in [0.717, 1.165) is 53.9 Å². The SMILES string of the molecule is CCOC(=O)c1c(NC(=O)CN2C(=O)NC3(CCCCC3)C2=O)sc2c1CC[C@@H](C)C2. The van der Waals surface area contributed by atoms with Crippen molar-refractivity contribution in [3.63, 3.8) is 0 Å². The highest BCUT2D eigenvalue weighted by Gasteiger charge is 2.51. The molecule has 8 nitrogen and oxygen atoms in total. The molecule has 2 fully saturated rings. The summed E-state index contributed by atoms with van der Waals surface area (Å²) in [6.07, 6.45) is 6.64. The summed E-state index contributed by atoms with van der Waals surface area (Å²) >= 11 is 1.39. The van der Waals surface area contributed by atoms with Crippen LogP contribution in [-0.4, -0.2) is 47.4 Å². The van der Waals surface area contributed by atoms with Crippen LogP contribution in [0.4, 0.5) is 9.80 Å². The zero-order valence-corrected chi connectivity index (χ0v) is 18.9. The predicted molar refractivity (Wildman–Crippen MR) is 116 cm³/mol. The van der Waals surface area contributed by atoms with Crippen LogP contribution < -0.4 is 10.6 Å². The summed E-state index contributed by atoms with van der Waals surface area (Å²) in [5.74, 6) is -0.742. The Kier molecular flexibility index (Phi) is 6.05. The first-order chi connectivity index (χ1) is 14.8. The topological polar surface area (TPSA) is 105 Å². The van der Waals surface area contributed by atoms with E-state index in [2.05, 4.69) is 17.6 Å². The van der Waals surface area contributed by atoms with Crippen LogP contribution in [0.5, 0.6) is 0 Å². The number of carbonyl (C=O) groups excluding carboxylic acids is 4. The van der Waals surface area contributed by atoms with Crippen LogP contribution in [0.25, 0.3) is 0 Å². The van der Waals surface area contributed by atoms with Crippen molar-refractivity contribution < 1.29 is 23.9 Å². The molecule has 1 saturated heterocycles. The van der Waals surface area contributed by atoms with Crippen LogP contribution >= 0.6 is 11.3 Å². The molecule has 4 amide bonds. The fraction of sp³-hybridized carbons (Fsp3) is 0.636. The third-order valence-corrected chi connectivity index (χ3v) is 7.67. The van der Waals surface area contributed by atoms with Crippen molar-refractivity contribution in [3.05, 3.63) is 16.0 Å². The molecule has 1 aromatic rings. The van der Waals surface area contributed by atoms with E-state index in [1.807, 2.05) is 0 Å². The van der Waals surface area contributed by atoms with E-state index in [1.54, 1.807) is 6.92 Å². The number of hydrogen-bond donors (Lipinski definition) is 2. The Morgan fingerprint density at radius 3 is 2.71 bits per heavy atom. The maximum absolute atomic E-state index is 12.9. The number of thiophene rings is 1. The van der Waals surface area contributed by atoms with Crippen LogP contribution in [0, 0.1) is 5.92 Å². The van der Waals surface area contributed by atoms with Crippen LogP contribution in [0.15, 0.2) is 0 Å². The van der Waals surface area contributed by atoms with E-state index in [1.165, 1.54) is 11.3 Å². The smallest absolute Gasteiger partial charge is 0.341 e. The number of ether oxygens (including phenoxy) is 1. The van der Waals surface area contributed by atoms with Gasteiger partial charge >= 0.3 is 12.0 Å². The van der Waals surface area contributed by atoms with Crippen LogP contribution in [0.2, 0.25) is 0 Å². The number of esters is 1. The summed E-state index contributed by atoms with van der Waals surface area (Å²) in [5.41, 5.74) is 0.514. The van der Waals surface area contributed by atoms with Crippen molar-refractivity contribution in [2.45, 2.75) is 70.8 Å². The molecule has 1 saturated carbocycles. The first-order valence-corrected chi connectivity index (χ1v) is 11.9. The number of nitrogens with one attached hydrogen (secondary N) is 2. The molecule has 1 atom stereocenters. The molecule has 1 aliphatic heterocycles. The molecule has 2 N–H and O–H groups in total. The van der Waals surface area contributed by atoms with Crippen LogP contribution in [0.3, 0.4) is 0 Å². The number of carbonyl (C=O) groups is 4. The Balaban J connectivity index is 1.51. The molecule has 0 bridgehead atoms. The quantitative estimate of drug-likeness (QED) is 0.533. The van der Waals surface area contributed by atoms with Crippen LogP contribution in [-0.2, 0) is 27.2 Å². The second kappa shape index (κ2) is 8.61. The van der Waals surface area contributed by atoms with E-state index in [4.69, 9.17) is 4.74 Å². The number of hydrogen-bond acceptors (Lipinski definition) is 6. The summed E-state index contributed by atoms with van der Waals surface area (Å²) < 4.78 is 5.23. The van der Waals surface area contributed by atoms with E-state index in [-0.39, 0.29) is 19.1 Å². The fourth-order valence-electron chi connectivity index (χ4n) is 4.88. The van der Waals surface area contributed by atoms with Crippen molar-refractivity contribution >= 4 is 40.2 Å². The second-order valence-electron chi connectivity index (χ2n) is 8.79. The van der Waals surface area contributed by atoms with Crippen molar-refractivity contribution in [2.24, 2.45) is 5.92 Å². The molecule has 3 aliphatic rings. The molecule has 31 heavy (non-hydrogen) atoms. The average Bonchev–Trinajstić information content (AvgIpc) is 3.18. The van der Waals surface area contributed by atoms with Gasteiger partial charge in [0.15, 0.2) is 0 Å². The van der Waals surface area contributed by atoms with Gasteiger partial charge in [0, 0.05) is 4.88 Å². The zero-order chi connectivity index (χ0) is 22.2. The summed E-state index contributed by atoms with van der Waals surface area (Å²) in [4.78, 5) is 52.9. The van der Waals surface area contributed by atoms with E-state index in [0.29, 0.717) is 29.3 Å². The van der Waals surface area contributed by atoms with Gasteiger partial charge in [-0.1, -0.05) is 26.2 Å². The highest BCUT2D eigenvalue weighted by atomic mass is 32.1. The van der Waals surface area contributed by atoms with Gasteiger partial charge in [0.05, 0.1) is 12.2 Å². The first kappa shape index (κ1) is 21.8. The average molecular weight is 448 g/mol. The minimum absolute atomic E-state index is 0.248. The van der Waals surface area contributed by atoms with Gasteiger partial charge < -0.3 is 15.4 Å². The zero-order valence-electron chi connectivity index (χ0n) is 18.0. The molecule has 4 rings (SSSR count). The number of imide groups is 1. The second-order valence-corrected chi connectivity index (χ2v) is 9.89. The Morgan fingerprint density at radius 2 is 2.00 bits per heavy atom. The highest BCUT2D eigenvalue weighted by molar-refractivity contribution is 7.17. The van der Waals surface area contributed by atoms with Gasteiger partial charge in [-0.15, -0.1) is 11.3 Å². The number of fused-ring (bicyclic) bond motifs is 1. The lowest BCUT2D eigenvalue weighted by molar-refractivity contribution is -0.134. The first-order valence-electron chi connectivity index (χ1n) is 11.1. The molecule has 2 aliphatic carbocycles. The van der Waals surface area contributed by atoms with Gasteiger partial charge in [-0.25, -0.2) is 9.59 Å². The van der Waals surface area contributed by atoms with Gasteiger partial charge in [0.2, 0.25) is 5.91 Å². The normalized spacial score (nSPS) is 22.3. The molecule has 1 aromatic heterocycles. The number of nitrogens with zero attached hydrogens (tertiary/aromatic N) is 1. The Hall–Kier alpha value is -2.42. The minimum atomic E-state index is -0.857. The molecule has 9 heteroatoms. The number of rotatable bonds is 5. The monoisotopic (exact) mass is 447 g/mol. The van der Waals surface area contributed by atoms with E-state index >= 15 is 0 Å². The molecule has 2 heterocycles. The lowest BCUT2D eigenvalue weighted by Crippen LogP contribution is -2.48. The lowest BCUT2D eigenvalue weighted by Gasteiger charge is -2.30.